The summed E-state index contributed by atoms with van der Waals surface area (Å²) in [6, 6.07) is 9.74. The minimum Gasteiger partial charge on any atom is -0.401 e. The number of sulfonamides is 1. The number of rotatable bonds is 7. The zero-order valence-electron chi connectivity index (χ0n) is 20.5. The third-order valence-corrected chi connectivity index (χ3v) is 7.56. The molecule has 0 fully saturated rings. The Hall–Kier alpha value is -3.62. The highest BCUT2D eigenvalue weighted by atomic mass is 32.2. The number of allylic oxidation sites excluding steroid dienone is 2. The summed E-state index contributed by atoms with van der Waals surface area (Å²) in [7, 11) is 0.459. The zero-order chi connectivity index (χ0) is 27.9. The maximum absolute atomic E-state index is 12.6. The maximum atomic E-state index is 12.6. The van der Waals surface area contributed by atoms with Crippen molar-refractivity contribution in [3.8, 4) is 6.07 Å². The van der Waals surface area contributed by atoms with Crippen molar-refractivity contribution in [3.63, 3.8) is 0 Å². The van der Waals surface area contributed by atoms with Crippen LogP contribution < -0.4 is 21.2 Å². The lowest BCUT2D eigenvalue weighted by molar-refractivity contribution is -0.470. The molecule has 1 amide bonds. The number of benzene rings is 1. The minimum atomic E-state index is -3.89. The molecule has 0 bridgehead atoms. The predicted octanol–water partition coefficient (Wildman–Crippen LogP) is 0.365. The average molecular weight is 550 g/mol. The van der Waals surface area contributed by atoms with Crippen LogP contribution in [0.5, 0.6) is 0 Å². The minimum absolute atomic E-state index is 0.0322. The van der Waals surface area contributed by atoms with Gasteiger partial charge in [0.25, 0.3) is 5.91 Å². The first-order chi connectivity index (χ1) is 17.4. The van der Waals surface area contributed by atoms with Crippen molar-refractivity contribution in [1.29, 1.82) is 5.26 Å². The molecule has 1 heterocycles. The predicted molar refractivity (Wildman–Crippen MR) is 142 cm³/mol. The van der Waals surface area contributed by atoms with E-state index in [0.717, 1.165) is 21.4 Å². The monoisotopic (exact) mass is 549 g/mol. The third-order valence-electron chi connectivity index (χ3n) is 5.14. The van der Waals surface area contributed by atoms with E-state index in [2.05, 4.69) is 14.2 Å². The molecule has 1 aliphatic heterocycles. The lowest BCUT2D eigenvalue weighted by atomic mass is 9.93. The smallest absolute Gasteiger partial charge is 0.271 e. The van der Waals surface area contributed by atoms with Crippen LogP contribution in [0.15, 0.2) is 62.1 Å². The second kappa shape index (κ2) is 12.6. The molecule has 1 aliphatic carbocycles. The highest BCUT2D eigenvalue weighted by Crippen LogP contribution is 2.31. The van der Waals surface area contributed by atoms with E-state index in [1.165, 1.54) is 20.2 Å². The van der Waals surface area contributed by atoms with Crippen LogP contribution in [0.25, 0.3) is 0 Å². The Morgan fingerprint density at radius 3 is 2.46 bits per heavy atom. The van der Waals surface area contributed by atoms with E-state index < -0.39 is 33.5 Å². The molecular weight excluding hydrogens is 522 g/mol. The Bertz CT molecular complexity index is 1320. The molecule has 3 rings (SSSR count). The van der Waals surface area contributed by atoms with E-state index >= 15 is 0 Å². The molecule has 0 spiro atoms. The van der Waals surface area contributed by atoms with Crippen molar-refractivity contribution in [1.82, 2.24) is 9.03 Å². The fourth-order valence-corrected chi connectivity index (χ4v) is 4.98. The van der Waals surface area contributed by atoms with Gasteiger partial charge in [-0.3, -0.25) is 14.9 Å². The van der Waals surface area contributed by atoms with Crippen molar-refractivity contribution >= 4 is 45.2 Å². The summed E-state index contributed by atoms with van der Waals surface area (Å²) < 4.78 is 33.0. The molecule has 198 valence electrons. The van der Waals surface area contributed by atoms with Crippen LogP contribution in [0.3, 0.4) is 0 Å². The van der Waals surface area contributed by atoms with Gasteiger partial charge in [-0.05, 0) is 25.3 Å². The van der Waals surface area contributed by atoms with Gasteiger partial charge in [0.05, 0.1) is 23.5 Å². The highest BCUT2D eigenvalue weighted by molar-refractivity contribution is 7.96. The quantitative estimate of drug-likeness (QED) is 0.241. The Kier molecular flexibility index (Phi) is 10.1. The molecule has 14 nitrogen and oxygen atoms in total. The fraction of sp³-hybridized carbons (Fsp3) is 0.333. The van der Waals surface area contributed by atoms with Crippen LogP contribution in [0.1, 0.15) is 6.92 Å². The van der Waals surface area contributed by atoms with Gasteiger partial charge in [0.1, 0.15) is 17.0 Å². The van der Waals surface area contributed by atoms with Crippen LogP contribution in [-0.2, 0) is 14.8 Å². The summed E-state index contributed by atoms with van der Waals surface area (Å²) in [5, 5.41) is 24.5. The maximum Gasteiger partial charge on any atom is 0.271 e. The van der Waals surface area contributed by atoms with Crippen LogP contribution in [0, 0.1) is 27.4 Å². The molecule has 0 saturated heterocycles. The summed E-state index contributed by atoms with van der Waals surface area (Å²) in [6.45, 7) is 1.06. The number of hydrogen-bond acceptors (Lipinski definition) is 12. The van der Waals surface area contributed by atoms with Gasteiger partial charge in [-0.15, -0.1) is 0 Å². The number of nitrogens with one attached hydrogen (secondary N) is 1. The Balaban J connectivity index is 0.000000278. The van der Waals surface area contributed by atoms with Gasteiger partial charge in [0, 0.05) is 36.2 Å². The summed E-state index contributed by atoms with van der Waals surface area (Å²) >= 11 is 0.941. The van der Waals surface area contributed by atoms with Gasteiger partial charge in [0.2, 0.25) is 16.6 Å². The zero-order valence-corrected chi connectivity index (χ0v) is 22.2. The second-order valence-electron chi connectivity index (χ2n) is 7.83. The summed E-state index contributed by atoms with van der Waals surface area (Å²) in [5.74, 6) is -0.834. The van der Waals surface area contributed by atoms with Gasteiger partial charge in [-0.25, -0.2) is 21.8 Å². The number of carbonyl (C=O) groups excluding carboxylic acids is 1. The van der Waals surface area contributed by atoms with E-state index in [1.807, 2.05) is 6.07 Å². The van der Waals surface area contributed by atoms with Gasteiger partial charge in [-0.2, -0.15) is 15.4 Å². The van der Waals surface area contributed by atoms with Crippen molar-refractivity contribution in [2.75, 3.05) is 32.7 Å². The standard InChI is InChI=1S/C11H19N5O4S2.C10H8N4O/c1-7-9(12)5-8(6-16(17)18)11(10(7)14-21-13-2)22(19,20)15(3)4;11-6-8-9(12)10(15)14(13-8)7-4-2-1-3-5-7/h5,7,13H,6,12H2,1-4H3;1-5,9H,12H2/b14-10+;. The molecule has 0 saturated carbocycles. The number of nitrogens with two attached hydrogens (primary N) is 2. The number of amides is 1. The van der Waals surface area contributed by atoms with Crippen molar-refractivity contribution in [2.24, 2.45) is 26.9 Å². The molecular formula is C21H27N9O5S2. The van der Waals surface area contributed by atoms with Gasteiger partial charge < -0.3 is 11.5 Å². The van der Waals surface area contributed by atoms with Crippen molar-refractivity contribution in [2.45, 2.75) is 13.0 Å². The summed E-state index contributed by atoms with van der Waals surface area (Å²) in [5.41, 5.74) is 12.6. The van der Waals surface area contributed by atoms with Crippen LogP contribution in [-0.4, -0.2) is 68.7 Å². The Morgan fingerprint density at radius 1 is 1.35 bits per heavy atom. The fourth-order valence-electron chi connectivity index (χ4n) is 3.18. The molecule has 1 aromatic carbocycles. The first-order valence-electron chi connectivity index (χ1n) is 10.7. The lowest BCUT2D eigenvalue weighted by Gasteiger charge is -2.25. The largest absolute Gasteiger partial charge is 0.401 e. The van der Waals surface area contributed by atoms with Crippen LogP contribution in [0.2, 0.25) is 0 Å². The number of para-hydroxylation sites is 1. The van der Waals surface area contributed by atoms with Crippen molar-refractivity contribution in [3.05, 3.63) is 62.7 Å². The number of carbonyl (C=O) groups is 1. The Morgan fingerprint density at radius 2 is 1.97 bits per heavy atom. The molecule has 2 atom stereocenters. The Labute approximate surface area is 218 Å². The van der Waals surface area contributed by atoms with E-state index in [4.69, 9.17) is 16.7 Å². The highest BCUT2D eigenvalue weighted by Gasteiger charge is 2.37. The first-order valence-corrected chi connectivity index (χ1v) is 12.9. The number of nitriles is 1. The number of nitro groups is 1. The van der Waals surface area contributed by atoms with Gasteiger partial charge in [-0.1, -0.05) is 25.1 Å². The molecule has 37 heavy (non-hydrogen) atoms. The molecule has 5 N–H and O–H groups in total. The number of hydrogen-bond donors (Lipinski definition) is 3. The van der Waals surface area contributed by atoms with E-state index in [9.17, 15) is 23.3 Å². The normalized spacial score (nSPS) is 20.8. The third kappa shape index (κ3) is 6.78. The van der Waals surface area contributed by atoms with E-state index in [-0.39, 0.29) is 27.8 Å². The molecule has 0 aromatic heterocycles. The lowest BCUT2D eigenvalue weighted by Crippen LogP contribution is -2.38. The van der Waals surface area contributed by atoms with Crippen LogP contribution in [0.4, 0.5) is 5.69 Å². The topological polar surface area (TPSA) is 213 Å². The van der Waals surface area contributed by atoms with Gasteiger partial charge >= 0.3 is 0 Å². The summed E-state index contributed by atoms with van der Waals surface area (Å²) in [4.78, 5) is 21.7. The van der Waals surface area contributed by atoms with E-state index in [0.29, 0.717) is 11.4 Å². The van der Waals surface area contributed by atoms with Crippen LogP contribution >= 0.6 is 12.1 Å². The van der Waals surface area contributed by atoms with Gasteiger partial charge in [0.15, 0.2) is 5.71 Å². The molecule has 2 unspecified atom stereocenters. The number of anilines is 1. The molecule has 1 aromatic rings. The first kappa shape index (κ1) is 29.6. The second-order valence-corrected chi connectivity index (χ2v) is 10.7. The molecule has 16 heteroatoms. The van der Waals surface area contributed by atoms with Crippen molar-refractivity contribution < 1.29 is 18.1 Å². The average Bonchev–Trinajstić information content (AvgIpc) is 3.14. The molecule has 0 radical (unpaired) electrons. The SMILES string of the molecule is CNS/N=C1/C(S(=O)(=O)N(C)C)=C(C[N+](=O)[O-])C=C(N)C1C.N#CC1=NN(c2ccccc2)C(=O)C1N. The number of hydrazone groups is 1. The number of nitrogens with zero attached hydrogens (tertiary/aromatic N) is 6. The van der Waals surface area contributed by atoms with E-state index in [1.54, 1.807) is 44.3 Å². The summed E-state index contributed by atoms with van der Waals surface area (Å²) in [6.07, 6.45) is 1.35. The molecule has 2 aliphatic rings.